The van der Waals surface area contributed by atoms with Crippen molar-refractivity contribution < 1.29 is 29.1 Å². The number of piperidine rings is 1. The van der Waals surface area contributed by atoms with E-state index in [9.17, 15) is 24.0 Å². The summed E-state index contributed by atoms with van der Waals surface area (Å²) in [6, 6.07) is 3.87. The predicted octanol–water partition coefficient (Wildman–Crippen LogP) is 0.387. The molecule has 2 fully saturated rings. The fourth-order valence-corrected chi connectivity index (χ4v) is 4.09. The molecular formula is C19H19N3O6. The summed E-state index contributed by atoms with van der Waals surface area (Å²) in [5, 5.41) is 11.2. The number of carbonyl (C=O) groups is 5. The highest BCUT2D eigenvalue weighted by Gasteiger charge is 2.47. The number of amides is 4. The molecule has 1 saturated heterocycles. The van der Waals surface area contributed by atoms with Gasteiger partial charge in [0.1, 0.15) is 6.04 Å². The molecule has 0 radical (unpaired) electrons. The fourth-order valence-electron chi connectivity index (χ4n) is 4.09. The van der Waals surface area contributed by atoms with Gasteiger partial charge in [0.2, 0.25) is 11.8 Å². The van der Waals surface area contributed by atoms with E-state index in [0.29, 0.717) is 18.5 Å². The van der Waals surface area contributed by atoms with Gasteiger partial charge in [-0.2, -0.15) is 0 Å². The summed E-state index contributed by atoms with van der Waals surface area (Å²) < 4.78 is 0. The molecular weight excluding hydrogens is 366 g/mol. The molecule has 1 aromatic rings. The van der Waals surface area contributed by atoms with Crippen LogP contribution in [0.5, 0.6) is 0 Å². The van der Waals surface area contributed by atoms with Crippen molar-refractivity contribution in [1.82, 2.24) is 10.2 Å². The minimum absolute atomic E-state index is 0.0415. The molecule has 0 spiro atoms. The molecule has 28 heavy (non-hydrogen) atoms. The van der Waals surface area contributed by atoms with Gasteiger partial charge >= 0.3 is 5.97 Å². The molecule has 1 saturated carbocycles. The van der Waals surface area contributed by atoms with Crippen LogP contribution >= 0.6 is 0 Å². The van der Waals surface area contributed by atoms with Crippen LogP contribution in [0, 0.1) is 5.92 Å². The molecule has 4 amide bonds. The molecule has 0 bridgehead atoms. The molecule has 2 N–H and O–H groups in total. The molecule has 0 aromatic heterocycles. The van der Waals surface area contributed by atoms with Gasteiger partial charge in [-0.3, -0.25) is 34.2 Å². The van der Waals surface area contributed by atoms with E-state index < -0.39 is 41.6 Å². The van der Waals surface area contributed by atoms with Gasteiger partial charge in [-0.25, -0.2) is 0 Å². The lowest BCUT2D eigenvalue weighted by Gasteiger charge is -2.40. The van der Waals surface area contributed by atoms with Crippen molar-refractivity contribution in [3.63, 3.8) is 0 Å². The highest BCUT2D eigenvalue weighted by molar-refractivity contribution is 6.25. The third kappa shape index (κ3) is 2.65. The number of nitrogens with one attached hydrogen (secondary N) is 1. The van der Waals surface area contributed by atoms with Crippen LogP contribution in [0.4, 0.5) is 5.69 Å². The lowest BCUT2D eigenvalue weighted by molar-refractivity contribution is -0.145. The fraction of sp³-hybridized carbons (Fsp3) is 0.421. The van der Waals surface area contributed by atoms with E-state index in [4.69, 9.17) is 5.11 Å². The minimum Gasteiger partial charge on any atom is -0.481 e. The maximum absolute atomic E-state index is 13.1. The van der Waals surface area contributed by atoms with Crippen LogP contribution in [0.1, 0.15) is 46.4 Å². The van der Waals surface area contributed by atoms with Gasteiger partial charge in [0.05, 0.1) is 22.7 Å². The first kappa shape index (κ1) is 18.1. The van der Waals surface area contributed by atoms with Crippen molar-refractivity contribution in [2.24, 2.45) is 5.92 Å². The van der Waals surface area contributed by atoms with Gasteiger partial charge in [0, 0.05) is 19.5 Å². The number of benzene rings is 1. The average molecular weight is 385 g/mol. The van der Waals surface area contributed by atoms with Crippen LogP contribution in [0.25, 0.3) is 0 Å². The quantitative estimate of drug-likeness (QED) is 0.718. The van der Waals surface area contributed by atoms with Gasteiger partial charge in [-0.15, -0.1) is 0 Å². The highest BCUT2D eigenvalue weighted by atomic mass is 16.4. The molecule has 9 nitrogen and oxygen atoms in total. The summed E-state index contributed by atoms with van der Waals surface area (Å²) in [5.41, 5.74) is 0.978. The number of carboxylic acids is 1. The Hall–Kier alpha value is -3.23. The summed E-state index contributed by atoms with van der Waals surface area (Å²) in [7, 11) is 1.77. The molecule has 146 valence electrons. The highest BCUT2D eigenvalue weighted by Crippen LogP contribution is 2.39. The third-order valence-electron chi connectivity index (χ3n) is 5.84. The van der Waals surface area contributed by atoms with Gasteiger partial charge in [0.15, 0.2) is 0 Å². The Bertz CT molecular complexity index is 920. The molecule has 1 atom stereocenters. The number of hydrogen-bond donors (Lipinski definition) is 2. The molecule has 2 heterocycles. The Kier molecular flexibility index (Phi) is 4.17. The van der Waals surface area contributed by atoms with E-state index in [1.807, 2.05) is 4.90 Å². The standard InChI is InChI=1S/C19H19N3O6/c1-21(10-7-9(8-10)19(27)28)12-4-2-3-11-15(12)18(26)22(17(11)25)13-5-6-14(23)20-16(13)24/h2-4,9-10,13H,5-8H2,1H3,(H,27,28)(H,20,23,24). The zero-order chi connectivity index (χ0) is 20.2. The molecule has 3 aliphatic rings. The zero-order valence-corrected chi connectivity index (χ0v) is 15.2. The summed E-state index contributed by atoms with van der Waals surface area (Å²) >= 11 is 0. The van der Waals surface area contributed by atoms with Crippen molar-refractivity contribution in [1.29, 1.82) is 0 Å². The second kappa shape index (κ2) is 6.43. The van der Waals surface area contributed by atoms with Gasteiger partial charge in [0.25, 0.3) is 11.8 Å². The van der Waals surface area contributed by atoms with Crippen molar-refractivity contribution in [2.75, 3.05) is 11.9 Å². The normalized spacial score (nSPS) is 26.6. The van der Waals surface area contributed by atoms with Crippen LogP contribution in [0.3, 0.4) is 0 Å². The Morgan fingerprint density at radius 3 is 2.54 bits per heavy atom. The summed E-state index contributed by atoms with van der Waals surface area (Å²) in [6.07, 6.45) is 1.10. The summed E-state index contributed by atoms with van der Waals surface area (Å²) in [6.45, 7) is 0. The number of carboxylic acid groups (broad SMARTS) is 1. The second-order valence-electron chi connectivity index (χ2n) is 7.42. The topological polar surface area (TPSA) is 124 Å². The van der Waals surface area contributed by atoms with Crippen LogP contribution in [0.2, 0.25) is 0 Å². The maximum Gasteiger partial charge on any atom is 0.306 e. The van der Waals surface area contributed by atoms with Crippen LogP contribution in [0.15, 0.2) is 18.2 Å². The summed E-state index contributed by atoms with van der Waals surface area (Å²) in [5.74, 6) is -3.42. The molecule has 2 aliphatic heterocycles. The van der Waals surface area contributed by atoms with E-state index in [1.54, 1.807) is 25.2 Å². The number of carbonyl (C=O) groups excluding carboxylic acids is 4. The lowest BCUT2D eigenvalue weighted by Crippen LogP contribution is -2.54. The number of aliphatic carboxylic acids is 1. The largest absolute Gasteiger partial charge is 0.481 e. The molecule has 1 aliphatic carbocycles. The molecule has 1 unspecified atom stereocenters. The number of rotatable bonds is 4. The number of hydrogen-bond acceptors (Lipinski definition) is 6. The van der Waals surface area contributed by atoms with Crippen molar-refractivity contribution in [3.05, 3.63) is 29.3 Å². The van der Waals surface area contributed by atoms with Gasteiger partial charge in [-0.1, -0.05) is 6.07 Å². The van der Waals surface area contributed by atoms with Gasteiger partial charge in [-0.05, 0) is 31.4 Å². The third-order valence-corrected chi connectivity index (χ3v) is 5.84. The van der Waals surface area contributed by atoms with Crippen molar-refractivity contribution in [3.8, 4) is 0 Å². The predicted molar refractivity (Wildman–Crippen MR) is 95.7 cm³/mol. The van der Waals surface area contributed by atoms with E-state index >= 15 is 0 Å². The van der Waals surface area contributed by atoms with E-state index in [-0.39, 0.29) is 30.0 Å². The van der Waals surface area contributed by atoms with E-state index in [1.165, 1.54) is 0 Å². The van der Waals surface area contributed by atoms with Gasteiger partial charge < -0.3 is 10.0 Å². The number of imide groups is 2. The first-order valence-electron chi connectivity index (χ1n) is 9.09. The average Bonchev–Trinajstić information content (AvgIpc) is 2.85. The Balaban J connectivity index is 1.62. The molecule has 4 rings (SSSR count). The molecule has 9 heteroatoms. The second-order valence-corrected chi connectivity index (χ2v) is 7.42. The smallest absolute Gasteiger partial charge is 0.306 e. The number of fused-ring (bicyclic) bond motifs is 1. The Morgan fingerprint density at radius 2 is 1.89 bits per heavy atom. The number of nitrogens with zero attached hydrogens (tertiary/aromatic N) is 2. The van der Waals surface area contributed by atoms with E-state index in [0.717, 1.165) is 4.90 Å². The number of anilines is 1. The van der Waals surface area contributed by atoms with Crippen LogP contribution in [-0.4, -0.2) is 58.7 Å². The first-order chi connectivity index (χ1) is 13.3. The lowest BCUT2D eigenvalue weighted by atomic mass is 9.79. The van der Waals surface area contributed by atoms with Crippen LogP contribution in [-0.2, 0) is 14.4 Å². The van der Waals surface area contributed by atoms with Crippen molar-refractivity contribution >= 4 is 35.3 Å². The van der Waals surface area contributed by atoms with E-state index in [2.05, 4.69) is 5.32 Å². The zero-order valence-electron chi connectivity index (χ0n) is 15.2. The Labute approximate surface area is 160 Å². The minimum atomic E-state index is -1.01. The molecule has 1 aromatic carbocycles. The van der Waals surface area contributed by atoms with Crippen molar-refractivity contribution in [2.45, 2.75) is 37.8 Å². The monoisotopic (exact) mass is 385 g/mol. The Morgan fingerprint density at radius 1 is 1.18 bits per heavy atom. The maximum atomic E-state index is 13.1. The first-order valence-corrected chi connectivity index (χ1v) is 9.09. The SMILES string of the molecule is CN(c1cccc2c1C(=O)N(C1CCC(=O)NC1=O)C2=O)C1CC(C(=O)O)C1. The summed E-state index contributed by atoms with van der Waals surface area (Å²) in [4.78, 5) is 63.3. The van der Waals surface area contributed by atoms with Crippen LogP contribution < -0.4 is 10.2 Å².